The highest BCUT2D eigenvalue weighted by Gasteiger charge is 2.21. The molecule has 5 nitrogen and oxygen atoms in total. The summed E-state index contributed by atoms with van der Waals surface area (Å²) in [5, 5.41) is 0. The lowest BCUT2D eigenvalue weighted by Gasteiger charge is -2.20. The lowest BCUT2D eigenvalue weighted by atomic mass is 9.93. The van der Waals surface area contributed by atoms with Crippen LogP contribution in [0.1, 0.15) is 18.5 Å². The Bertz CT molecular complexity index is 389. The van der Waals surface area contributed by atoms with Gasteiger partial charge in [-0.05, 0) is 12.8 Å². The second kappa shape index (κ2) is 5.72. The maximum absolute atomic E-state index is 12.0. The molecule has 1 aliphatic heterocycles. The van der Waals surface area contributed by atoms with Crippen LogP contribution < -0.4 is 4.74 Å². The molecule has 0 unspecified atom stereocenters. The first-order chi connectivity index (χ1) is 8.29. The predicted molar refractivity (Wildman–Crippen MR) is 60.8 cm³/mol. The van der Waals surface area contributed by atoms with Crippen molar-refractivity contribution in [3.63, 3.8) is 0 Å². The molecule has 92 valence electrons. The van der Waals surface area contributed by atoms with E-state index in [0.717, 1.165) is 12.8 Å². The fourth-order valence-corrected chi connectivity index (χ4v) is 1.93. The van der Waals surface area contributed by atoms with Gasteiger partial charge in [0.25, 0.3) is 0 Å². The van der Waals surface area contributed by atoms with Gasteiger partial charge in [0.05, 0.1) is 12.8 Å². The van der Waals surface area contributed by atoms with Gasteiger partial charge >= 0.3 is 0 Å². The van der Waals surface area contributed by atoms with E-state index < -0.39 is 0 Å². The van der Waals surface area contributed by atoms with E-state index in [1.54, 1.807) is 13.2 Å². The predicted octanol–water partition coefficient (Wildman–Crippen LogP) is 1.02. The van der Waals surface area contributed by atoms with Crippen LogP contribution in [0.5, 0.6) is 5.88 Å². The Morgan fingerprint density at radius 3 is 2.94 bits per heavy atom. The van der Waals surface area contributed by atoms with Gasteiger partial charge in [-0.15, -0.1) is 0 Å². The molecule has 0 N–H and O–H groups in total. The molecule has 1 saturated heterocycles. The summed E-state index contributed by atoms with van der Waals surface area (Å²) in [5.41, 5.74) is 0.716. The Kier molecular flexibility index (Phi) is 4.03. The number of hydrogen-bond donors (Lipinski definition) is 0. The number of carbonyl (C=O) groups is 1. The summed E-state index contributed by atoms with van der Waals surface area (Å²) in [7, 11) is 1.55. The molecule has 2 rings (SSSR count). The average Bonchev–Trinajstić information content (AvgIpc) is 2.40. The van der Waals surface area contributed by atoms with Crippen LogP contribution >= 0.6 is 0 Å². The fraction of sp³-hybridized carbons (Fsp3) is 0.583. The largest absolute Gasteiger partial charge is 0.481 e. The smallest absolute Gasteiger partial charge is 0.216 e. The first-order valence-corrected chi connectivity index (χ1v) is 5.75. The highest BCUT2D eigenvalue weighted by Crippen LogP contribution is 2.18. The Balaban J connectivity index is 1.96. The second-order valence-electron chi connectivity index (χ2n) is 4.08. The van der Waals surface area contributed by atoms with E-state index in [2.05, 4.69) is 9.97 Å². The lowest BCUT2D eigenvalue weighted by molar-refractivity contribution is -0.125. The van der Waals surface area contributed by atoms with E-state index in [1.165, 1.54) is 6.33 Å². The summed E-state index contributed by atoms with van der Waals surface area (Å²) in [4.78, 5) is 20.0. The molecule has 2 heterocycles. The Labute approximate surface area is 100 Å². The molecule has 0 atom stereocenters. The maximum Gasteiger partial charge on any atom is 0.216 e. The number of methoxy groups -OCH3 is 1. The maximum atomic E-state index is 12.0. The third-order valence-electron chi connectivity index (χ3n) is 2.94. The standard InChI is InChI=1S/C12H16N2O3/c1-16-12-7-10(13-8-14-12)6-11(15)9-2-4-17-5-3-9/h7-9H,2-6H2,1H3. The number of ketones is 1. The van der Waals surface area contributed by atoms with E-state index in [4.69, 9.17) is 9.47 Å². The third-order valence-corrected chi connectivity index (χ3v) is 2.94. The van der Waals surface area contributed by atoms with Crippen LogP contribution in [0.4, 0.5) is 0 Å². The van der Waals surface area contributed by atoms with Crippen LogP contribution in [0.2, 0.25) is 0 Å². The van der Waals surface area contributed by atoms with Crippen LogP contribution in [0.15, 0.2) is 12.4 Å². The molecular weight excluding hydrogens is 220 g/mol. The Morgan fingerprint density at radius 1 is 1.47 bits per heavy atom. The molecule has 0 aromatic carbocycles. The van der Waals surface area contributed by atoms with E-state index >= 15 is 0 Å². The second-order valence-corrected chi connectivity index (χ2v) is 4.08. The molecule has 17 heavy (non-hydrogen) atoms. The average molecular weight is 236 g/mol. The molecule has 0 amide bonds. The number of aromatic nitrogens is 2. The molecule has 1 fully saturated rings. The summed E-state index contributed by atoms with van der Waals surface area (Å²) >= 11 is 0. The molecule has 0 saturated carbocycles. The van der Waals surface area contributed by atoms with Crippen LogP contribution in [-0.2, 0) is 16.0 Å². The Morgan fingerprint density at radius 2 is 2.24 bits per heavy atom. The van der Waals surface area contributed by atoms with Gasteiger partial charge in [-0.2, -0.15) is 0 Å². The topological polar surface area (TPSA) is 61.3 Å². The zero-order valence-electron chi connectivity index (χ0n) is 9.89. The first kappa shape index (κ1) is 12.0. The van der Waals surface area contributed by atoms with Crippen molar-refractivity contribution in [3.8, 4) is 5.88 Å². The van der Waals surface area contributed by atoms with Gasteiger partial charge in [-0.25, -0.2) is 9.97 Å². The highest BCUT2D eigenvalue weighted by atomic mass is 16.5. The molecular formula is C12H16N2O3. The van der Waals surface area contributed by atoms with Gasteiger partial charge in [0.2, 0.25) is 5.88 Å². The van der Waals surface area contributed by atoms with Gasteiger partial charge in [-0.1, -0.05) is 0 Å². The van der Waals surface area contributed by atoms with E-state index in [1.807, 2.05) is 0 Å². The molecule has 0 bridgehead atoms. The number of ether oxygens (including phenoxy) is 2. The molecule has 0 radical (unpaired) electrons. The van der Waals surface area contributed by atoms with Crippen LogP contribution in [0.25, 0.3) is 0 Å². The van der Waals surface area contributed by atoms with Crippen molar-refractivity contribution in [3.05, 3.63) is 18.1 Å². The van der Waals surface area contributed by atoms with Gasteiger partial charge in [-0.3, -0.25) is 4.79 Å². The summed E-state index contributed by atoms with van der Waals surface area (Å²) in [6.45, 7) is 1.37. The molecule has 0 spiro atoms. The number of rotatable bonds is 4. The zero-order valence-corrected chi connectivity index (χ0v) is 9.89. The van der Waals surface area contributed by atoms with E-state index in [0.29, 0.717) is 31.2 Å². The van der Waals surface area contributed by atoms with Gasteiger partial charge < -0.3 is 9.47 Å². The number of nitrogens with zero attached hydrogens (tertiary/aromatic N) is 2. The van der Waals surface area contributed by atoms with Gasteiger partial charge in [0.1, 0.15) is 12.1 Å². The summed E-state index contributed by atoms with van der Waals surface area (Å²) in [5.74, 6) is 0.841. The normalized spacial score (nSPS) is 16.8. The number of carbonyl (C=O) groups excluding carboxylic acids is 1. The van der Waals surface area contributed by atoms with Gasteiger partial charge in [0.15, 0.2) is 0 Å². The monoisotopic (exact) mass is 236 g/mol. The minimum absolute atomic E-state index is 0.115. The highest BCUT2D eigenvalue weighted by molar-refractivity contribution is 5.83. The fourth-order valence-electron chi connectivity index (χ4n) is 1.93. The summed E-state index contributed by atoms with van der Waals surface area (Å²) < 4.78 is 10.2. The van der Waals surface area contributed by atoms with Crippen molar-refractivity contribution in [1.82, 2.24) is 9.97 Å². The minimum Gasteiger partial charge on any atom is -0.481 e. The van der Waals surface area contributed by atoms with Crippen LogP contribution in [0.3, 0.4) is 0 Å². The number of Topliss-reactive ketones (excluding diaryl/α,β-unsaturated/α-hetero) is 1. The van der Waals surface area contributed by atoms with Gasteiger partial charge in [0, 0.05) is 31.6 Å². The molecule has 1 aliphatic rings. The number of hydrogen-bond acceptors (Lipinski definition) is 5. The summed E-state index contributed by atoms with van der Waals surface area (Å²) in [6, 6.07) is 1.71. The lowest BCUT2D eigenvalue weighted by Crippen LogP contribution is -2.25. The van der Waals surface area contributed by atoms with E-state index in [9.17, 15) is 4.79 Å². The quantitative estimate of drug-likeness (QED) is 0.781. The summed E-state index contributed by atoms with van der Waals surface area (Å²) in [6.07, 6.45) is 3.41. The van der Waals surface area contributed by atoms with E-state index in [-0.39, 0.29) is 11.7 Å². The SMILES string of the molecule is COc1cc(CC(=O)C2CCOCC2)ncn1. The van der Waals surface area contributed by atoms with Crippen molar-refractivity contribution in [2.45, 2.75) is 19.3 Å². The molecule has 5 heteroatoms. The molecule has 1 aromatic rings. The molecule has 0 aliphatic carbocycles. The van der Waals surface area contributed by atoms with Crippen molar-refractivity contribution in [2.24, 2.45) is 5.92 Å². The zero-order chi connectivity index (χ0) is 12.1. The van der Waals surface area contributed by atoms with Crippen molar-refractivity contribution < 1.29 is 14.3 Å². The first-order valence-electron chi connectivity index (χ1n) is 5.75. The van der Waals surface area contributed by atoms with Crippen molar-refractivity contribution in [2.75, 3.05) is 20.3 Å². The minimum atomic E-state index is 0.115. The van der Waals surface area contributed by atoms with Crippen molar-refractivity contribution in [1.29, 1.82) is 0 Å². The third kappa shape index (κ3) is 3.23. The van der Waals surface area contributed by atoms with Crippen LogP contribution in [-0.4, -0.2) is 36.1 Å². The molecule has 1 aromatic heterocycles. The Hall–Kier alpha value is -1.49. The van der Waals surface area contributed by atoms with Crippen LogP contribution in [0, 0.1) is 5.92 Å². The van der Waals surface area contributed by atoms with Crippen molar-refractivity contribution >= 4 is 5.78 Å².